The Morgan fingerprint density at radius 2 is 2.06 bits per heavy atom. The van der Waals surface area contributed by atoms with Gasteiger partial charge >= 0.3 is 0 Å². The number of hydrogen-bond acceptors (Lipinski definition) is 3. The smallest absolute Gasteiger partial charge is 0.136 e. The third kappa shape index (κ3) is 4.76. The molecule has 0 radical (unpaired) electrons. The van der Waals surface area contributed by atoms with Gasteiger partial charge < -0.3 is 9.84 Å². The fraction of sp³-hybridized carbons (Fsp3) is 0.929. The van der Waals surface area contributed by atoms with Gasteiger partial charge in [-0.3, -0.25) is 4.79 Å². The first-order chi connectivity index (χ1) is 7.95. The summed E-state index contributed by atoms with van der Waals surface area (Å²) in [4.78, 5) is 11.8. The summed E-state index contributed by atoms with van der Waals surface area (Å²) in [6, 6.07) is 0. The molecule has 0 aromatic rings. The summed E-state index contributed by atoms with van der Waals surface area (Å²) in [7, 11) is 0. The number of rotatable bonds is 5. The molecule has 0 saturated heterocycles. The van der Waals surface area contributed by atoms with Crippen LogP contribution in [-0.2, 0) is 9.53 Å². The molecule has 1 saturated carbocycles. The zero-order valence-electron chi connectivity index (χ0n) is 11.4. The molecule has 1 fully saturated rings. The highest BCUT2D eigenvalue weighted by Crippen LogP contribution is 2.39. The molecule has 0 spiro atoms. The maximum atomic E-state index is 11.8. The molecule has 0 aromatic carbocycles. The standard InChI is InChI=1S/C14H26O3/c1-14(2,3)12-4-5-13(16)11(10-12)6-8-17-9-7-15/h11-12,15H,4-10H2,1-3H3. The fourth-order valence-corrected chi connectivity index (χ4v) is 2.57. The monoisotopic (exact) mass is 242 g/mol. The average Bonchev–Trinajstić information content (AvgIpc) is 2.25. The van der Waals surface area contributed by atoms with Gasteiger partial charge in [0, 0.05) is 18.9 Å². The van der Waals surface area contributed by atoms with Gasteiger partial charge in [0.1, 0.15) is 5.78 Å². The molecule has 3 heteroatoms. The quantitative estimate of drug-likeness (QED) is 0.753. The van der Waals surface area contributed by atoms with Crippen LogP contribution in [0.1, 0.15) is 46.5 Å². The molecule has 2 atom stereocenters. The number of aliphatic hydroxyl groups is 1. The zero-order valence-corrected chi connectivity index (χ0v) is 11.4. The van der Waals surface area contributed by atoms with Crippen LogP contribution in [0.2, 0.25) is 0 Å². The molecule has 0 amide bonds. The molecule has 0 aliphatic heterocycles. The van der Waals surface area contributed by atoms with Gasteiger partial charge in [-0.25, -0.2) is 0 Å². The van der Waals surface area contributed by atoms with Gasteiger partial charge in [-0.15, -0.1) is 0 Å². The van der Waals surface area contributed by atoms with E-state index in [2.05, 4.69) is 20.8 Å². The first kappa shape index (κ1) is 14.7. The molecule has 2 unspecified atom stereocenters. The first-order valence-corrected chi connectivity index (χ1v) is 6.66. The van der Waals surface area contributed by atoms with Crippen molar-refractivity contribution in [1.82, 2.24) is 0 Å². The topological polar surface area (TPSA) is 46.5 Å². The van der Waals surface area contributed by atoms with Gasteiger partial charge in [0.15, 0.2) is 0 Å². The van der Waals surface area contributed by atoms with E-state index >= 15 is 0 Å². The van der Waals surface area contributed by atoms with Crippen LogP contribution in [0.4, 0.5) is 0 Å². The minimum atomic E-state index is 0.0588. The second kappa shape index (κ2) is 6.50. The predicted molar refractivity (Wildman–Crippen MR) is 67.8 cm³/mol. The van der Waals surface area contributed by atoms with Crippen molar-refractivity contribution in [3.05, 3.63) is 0 Å². The molecule has 1 aliphatic carbocycles. The lowest BCUT2D eigenvalue weighted by Crippen LogP contribution is -2.32. The van der Waals surface area contributed by atoms with E-state index in [1.807, 2.05) is 0 Å². The van der Waals surface area contributed by atoms with Gasteiger partial charge in [-0.2, -0.15) is 0 Å². The third-order valence-electron chi connectivity index (χ3n) is 3.83. The molecule has 1 aliphatic rings. The number of aliphatic hydroxyl groups excluding tert-OH is 1. The third-order valence-corrected chi connectivity index (χ3v) is 3.83. The van der Waals surface area contributed by atoms with Crippen LogP contribution < -0.4 is 0 Å². The summed E-state index contributed by atoms with van der Waals surface area (Å²) in [5.41, 5.74) is 0.297. The molecule has 0 heterocycles. The van der Waals surface area contributed by atoms with Crippen molar-refractivity contribution in [3.8, 4) is 0 Å². The van der Waals surface area contributed by atoms with Crippen LogP contribution in [0, 0.1) is 17.3 Å². The van der Waals surface area contributed by atoms with Crippen LogP contribution in [0.3, 0.4) is 0 Å². The van der Waals surface area contributed by atoms with E-state index in [4.69, 9.17) is 9.84 Å². The molecule has 0 bridgehead atoms. The second-order valence-electron chi connectivity index (χ2n) is 6.13. The second-order valence-corrected chi connectivity index (χ2v) is 6.13. The lowest BCUT2D eigenvalue weighted by Gasteiger charge is -2.37. The normalized spacial score (nSPS) is 26.2. The van der Waals surface area contributed by atoms with Crippen LogP contribution in [-0.4, -0.2) is 30.7 Å². The highest BCUT2D eigenvalue weighted by Gasteiger charge is 2.34. The number of ketones is 1. The van der Waals surface area contributed by atoms with Crippen molar-refractivity contribution in [2.75, 3.05) is 19.8 Å². The molecule has 100 valence electrons. The van der Waals surface area contributed by atoms with Gasteiger partial charge in [-0.1, -0.05) is 20.8 Å². The fourth-order valence-electron chi connectivity index (χ4n) is 2.57. The molecule has 0 aromatic heterocycles. The van der Waals surface area contributed by atoms with Crippen molar-refractivity contribution in [2.45, 2.75) is 46.5 Å². The highest BCUT2D eigenvalue weighted by atomic mass is 16.5. The Bertz CT molecular complexity index is 242. The van der Waals surface area contributed by atoms with Crippen molar-refractivity contribution in [3.63, 3.8) is 0 Å². The number of ether oxygens (including phenoxy) is 1. The largest absolute Gasteiger partial charge is 0.394 e. The van der Waals surface area contributed by atoms with Crippen LogP contribution >= 0.6 is 0 Å². The molecular formula is C14H26O3. The lowest BCUT2D eigenvalue weighted by molar-refractivity contribution is -0.127. The molecule has 17 heavy (non-hydrogen) atoms. The summed E-state index contributed by atoms with van der Waals surface area (Å²) >= 11 is 0. The Morgan fingerprint density at radius 1 is 1.35 bits per heavy atom. The van der Waals surface area contributed by atoms with E-state index < -0.39 is 0 Å². The van der Waals surface area contributed by atoms with E-state index in [-0.39, 0.29) is 12.5 Å². The van der Waals surface area contributed by atoms with Gasteiger partial charge in [0.2, 0.25) is 0 Å². The van der Waals surface area contributed by atoms with Crippen molar-refractivity contribution in [2.24, 2.45) is 17.3 Å². The Morgan fingerprint density at radius 3 is 2.65 bits per heavy atom. The summed E-state index contributed by atoms with van der Waals surface area (Å²) in [6.07, 6.45) is 3.58. The van der Waals surface area contributed by atoms with E-state index in [1.165, 1.54) is 0 Å². The minimum absolute atomic E-state index is 0.0588. The van der Waals surface area contributed by atoms with Gasteiger partial charge in [0.05, 0.1) is 13.2 Å². The van der Waals surface area contributed by atoms with Crippen LogP contribution in [0.15, 0.2) is 0 Å². The lowest BCUT2D eigenvalue weighted by atomic mass is 9.68. The first-order valence-electron chi connectivity index (χ1n) is 6.66. The summed E-state index contributed by atoms with van der Waals surface area (Å²) < 4.78 is 5.25. The zero-order chi connectivity index (χ0) is 12.9. The van der Waals surface area contributed by atoms with E-state index in [0.29, 0.717) is 30.3 Å². The predicted octanol–water partition coefficient (Wildman–Crippen LogP) is 2.42. The van der Waals surface area contributed by atoms with Crippen LogP contribution in [0.5, 0.6) is 0 Å². The summed E-state index contributed by atoms with van der Waals surface area (Å²) in [5.74, 6) is 1.22. The highest BCUT2D eigenvalue weighted by molar-refractivity contribution is 5.81. The Kier molecular flexibility index (Phi) is 5.60. The van der Waals surface area contributed by atoms with Crippen LogP contribution in [0.25, 0.3) is 0 Å². The van der Waals surface area contributed by atoms with E-state index in [1.54, 1.807) is 0 Å². The summed E-state index contributed by atoms with van der Waals surface area (Å²) in [6.45, 7) is 7.80. The summed E-state index contributed by atoms with van der Waals surface area (Å²) in [5, 5.41) is 8.61. The molecular weight excluding hydrogens is 216 g/mol. The minimum Gasteiger partial charge on any atom is -0.394 e. The number of Topliss-reactive ketones (excluding diaryl/α,β-unsaturated/α-hetero) is 1. The average molecular weight is 242 g/mol. The Labute approximate surface area is 105 Å². The van der Waals surface area contributed by atoms with Gasteiger partial charge in [0.25, 0.3) is 0 Å². The van der Waals surface area contributed by atoms with Crippen molar-refractivity contribution >= 4 is 5.78 Å². The maximum absolute atomic E-state index is 11.8. The molecule has 3 nitrogen and oxygen atoms in total. The van der Waals surface area contributed by atoms with Gasteiger partial charge in [-0.05, 0) is 30.6 Å². The van der Waals surface area contributed by atoms with Crippen molar-refractivity contribution < 1.29 is 14.6 Å². The van der Waals surface area contributed by atoms with Crippen molar-refractivity contribution in [1.29, 1.82) is 0 Å². The van der Waals surface area contributed by atoms with E-state index in [0.717, 1.165) is 25.7 Å². The number of carbonyl (C=O) groups is 1. The maximum Gasteiger partial charge on any atom is 0.136 e. The van der Waals surface area contributed by atoms with E-state index in [9.17, 15) is 4.79 Å². The Hall–Kier alpha value is -0.410. The SMILES string of the molecule is CC(C)(C)C1CCC(=O)C(CCOCCO)C1. The molecule has 1 N–H and O–H groups in total. The Balaban J connectivity index is 2.38. The number of carbonyl (C=O) groups excluding carboxylic acids is 1. The number of hydrogen-bond donors (Lipinski definition) is 1. The molecule has 1 rings (SSSR count).